The molecule has 1 nitrogen and oxygen atoms in total. The predicted octanol–water partition coefficient (Wildman–Crippen LogP) is 5.52. The lowest BCUT2D eigenvalue weighted by Crippen LogP contribution is -2.26. The van der Waals surface area contributed by atoms with Crippen LogP contribution in [-0.2, 0) is 0 Å². The van der Waals surface area contributed by atoms with E-state index < -0.39 is 0 Å². The normalized spacial score (nSPS) is 12.4. The standard InChI is InChI=1S/C17H36N/c1-5-6-7-8-9-10-11-12-13-14-15-16-17-18(2,3)4/h16-17H,5-15H2,1-4H3/q+1. The Morgan fingerprint density at radius 1 is 0.667 bits per heavy atom. The smallest absolute Gasteiger partial charge is 0.0911 e. The van der Waals surface area contributed by atoms with Gasteiger partial charge in [-0.2, -0.15) is 0 Å². The molecule has 0 aromatic carbocycles. The van der Waals surface area contributed by atoms with Gasteiger partial charge in [0.15, 0.2) is 0 Å². The maximum absolute atomic E-state index is 2.34. The van der Waals surface area contributed by atoms with Crippen molar-refractivity contribution in [3.8, 4) is 0 Å². The zero-order chi connectivity index (χ0) is 13.7. The first-order chi connectivity index (χ1) is 8.56. The maximum atomic E-state index is 2.34. The summed E-state index contributed by atoms with van der Waals surface area (Å²) in [6.45, 7) is 2.28. The van der Waals surface area contributed by atoms with Crippen LogP contribution in [0, 0.1) is 0 Å². The number of hydrogen-bond donors (Lipinski definition) is 0. The van der Waals surface area contributed by atoms with Crippen LogP contribution in [0.4, 0.5) is 0 Å². The number of nitrogens with zero attached hydrogens (tertiary/aromatic N) is 1. The lowest BCUT2D eigenvalue weighted by Gasteiger charge is -2.17. The first kappa shape index (κ1) is 17.7. The molecule has 0 N–H and O–H groups in total. The molecule has 0 radical (unpaired) electrons. The molecule has 108 valence electrons. The molecule has 0 aliphatic rings. The van der Waals surface area contributed by atoms with Gasteiger partial charge < -0.3 is 4.48 Å². The molecule has 0 aromatic heterocycles. The molecular formula is C17H36N+. The van der Waals surface area contributed by atoms with E-state index in [2.05, 4.69) is 40.3 Å². The molecule has 18 heavy (non-hydrogen) atoms. The molecule has 0 aliphatic heterocycles. The van der Waals surface area contributed by atoms with Gasteiger partial charge in [-0.3, -0.25) is 0 Å². The van der Waals surface area contributed by atoms with Gasteiger partial charge in [0.05, 0.1) is 27.3 Å². The number of allylic oxidation sites excluding steroid dienone is 1. The average molecular weight is 254 g/mol. The molecule has 0 spiro atoms. The Bertz CT molecular complexity index is 188. The topological polar surface area (TPSA) is 0 Å². The van der Waals surface area contributed by atoms with Crippen molar-refractivity contribution < 1.29 is 4.48 Å². The fraction of sp³-hybridized carbons (Fsp3) is 0.882. The van der Waals surface area contributed by atoms with Gasteiger partial charge in [-0.05, 0) is 18.9 Å². The van der Waals surface area contributed by atoms with Crippen LogP contribution in [-0.4, -0.2) is 25.6 Å². The zero-order valence-corrected chi connectivity index (χ0v) is 13.4. The van der Waals surface area contributed by atoms with Crippen LogP contribution in [0.25, 0.3) is 0 Å². The Morgan fingerprint density at radius 2 is 1.11 bits per heavy atom. The Labute approximate surface area is 116 Å². The summed E-state index contributed by atoms with van der Waals surface area (Å²) in [7, 11) is 6.61. The molecular weight excluding hydrogens is 218 g/mol. The van der Waals surface area contributed by atoms with Crippen molar-refractivity contribution >= 4 is 0 Å². The van der Waals surface area contributed by atoms with E-state index in [0.29, 0.717) is 0 Å². The SMILES string of the molecule is CCCCCCCCCCCCC=C[N+](C)(C)C. The highest BCUT2D eigenvalue weighted by molar-refractivity contribution is 4.72. The number of unbranched alkanes of at least 4 members (excludes halogenated alkanes) is 10. The van der Waals surface area contributed by atoms with E-state index in [9.17, 15) is 0 Å². The summed E-state index contributed by atoms with van der Waals surface area (Å²) in [5, 5.41) is 0. The van der Waals surface area contributed by atoms with Gasteiger partial charge >= 0.3 is 0 Å². The fourth-order valence-electron chi connectivity index (χ4n) is 2.14. The van der Waals surface area contributed by atoms with E-state index in [1.54, 1.807) is 0 Å². The first-order valence-electron chi connectivity index (χ1n) is 8.05. The third kappa shape index (κ3) is 15.7. The lowest BCUT2D eigenvalue weighted by molar-refractivity contribution is -0.817. The quantitative estimate of drug-likeness (QED) is 0.318. The minimum Gasteiger partial charge on any atom is -0.305 e. The minimum absolute atomic E-state index is 0.942. The van der Waals surface area contributed by atoms with Crippen molar-refractivity contribution in [3.63, 3.8) is 0 Å². The van der Waals surface area contributed by atoms with Gasteiger partial charge in [0.1, 0.15) is 0 Å². The zero-order valence-electron chi connectivity index (χ0n) is 13.4. The second-order valence-corrected chi connectivity index (χ2v) is 6.47. The predicted molar refractivity (Wildman–Crippen MR) is 83.6 cm³/mol. The van der Waals surface area contributed by atoms with E-state index in [0.717, 1.165) is 4.48 Å². The second kappa shape index (κ2) is 11.8. The van der Waals surface area contributed by atoms with Gasteiger partial charge in [0.2, 0.25) is 0 Å². The Hall–Kier alpha value is -0.300. The van der Waals surface area contributed by atoms with Gasteiger partial charge in [0, 0.05) is 0 Å². The number of hydrogen-bond acceptors (Lipinski definition) is 0. The van der Waals surface area contributed by atoms with Crippen molar-refractivity contribution in [2.45, 2.75) is 77.6 Å². The molecule has 0 saturated heterocycles. The molecule has 0 aliphatic carbocycles. The molecule has 1 heteroatoms. The molecule has 0 unspecified atom stereocenters. The maximum Gasteiger partial charge on any atom is 0.0911 e. The molecule has 0 amide bonds. The highest BCUT2D eigenvalue weighted by atomic mass is 15.3. The van der Waals surface area contributed by atoms with Crippen molar-refractivity contribution in [2.75, 3.05) is 21.1 Å². The monoisotopic (exact) mass is 254 g/mol. The minimum atomic E-state index is 0.942. The summed E-state index contributed by atoms with van der Waals surface area (Å²) in [6, 6.07) is 0. The largest absolute Gasteiger partial charge is 0.305 e. The van der Waals surface area contributed by atoms with Gasteiger partial charge in [-0.25, -0.2) is 0 Å². The summed E-state index contributed by atoms with van der Waals surface area (Å²) in [6.07, 6.45) is 20.2. The van der Waals surface area contributed by atoms with E-state index in [4.69, 9.17) is 0 Å². The van der Waals surface area contributed by atoms with Crippen molar-refractivity contribution in [3.05, 3.63) is 12.3 Å². The molecule has 0 fully saturated rings. The van der Waals surface area contributed by atoms with Crippen LogP contribution in [0.15, 0.2) is 12.3 Å². The summed E-state index contributed by atoms with van der Waals surface area (Å²) < 4.78 is 0.942. The van der Waals surface area contributed by atoms with Crippen LogP contribution < -0.4 is 0 Å². The summed E-state index contributed by atoms with van der Waals surface area (Å²) in [4.78, 5) is 0. The summed E-state index contributed by atoms with van der Waals surface area (Å²) in [5.74, 6) is 0. The van der Waals surface area contributed by atoms with Crippen LogP contribution in [0.2, 0.25) is 0 Å². The van der Waals surface area contributed by atoms with Gasteiger partial charge in [-0.15, -0.1) is 0 Å². The highest BCUT2D eigenvalue weighted by Crippen LogP contribution is 2.11. The van der Waals surface area contributed by atoms with E-state index in [1.807, 2.05) is 0 Å². The van der Waals surface area contributed by atoms with Gasteiger partial charge in [-0.1, -0.05) is 64.7 Å². The summed E-state index contributed by atoms with van der Waals surface area (Å²) >= 11 is 0. The Morgan fingerprint density at radius 3 is 1.56 bits per heavy atom. The van der Waals surface area contributed by atoms with Crippen molar-refractivity contribution in [1.82, 2.24) is 0 Å². The van der Waals surface area contributed by atoms with Crippen LogP contribution in [0.3, 0.4) is 0 Å². The van der Waals surface area contributed by atoms with E-state index in [-0.39, 0.29) is 0 Å². The molecule has 0 bridgehead atoms. The van der Waals surface area contributed by atoms with E-state index in [1.165, 1.54) is 70.6 Å². The van der Waals surface area contributed by atoms with Crippen LogP contribution >= 0.6 is 0 Å². The fourth-order valence-corrected chi connectivity index (χ4v) is 2.14. The molecule has 0 rings (SSSR count). The van der Waals surface area contributed by atoms with Gasteiger partial charge in [0.25, 0.3) is 0 Å². The van der Waals surface area contributed by atoms with Crippen LogP contribution in [0.5, 0.6) is 0 Å². The lowest BCUT2D eigenvalue weighted by atomic mass is 10.1. The molecule has 0 heterocycles. The first-order valence-corrected chi connectivity index (χ1v) is 8.05. The highest BCUT2D eigenvalue weighted by Gasteiger charge is 1.98. The average Bonchev–Trinajstić information content (AvgIpc) is 2.29. The molecule has 0 aromatic rings. The number of quaternary nitrogens is 1. The Kier molecular flexibility index (Phi) is 11.6. The number of rotatable bonds is 12. The Balaban J connectivity index is 3.10. The molecule has 0 atom stereocenters. The molecule has 0 saturated carbocycles. The summed E-state index contributed by atoms with van der Waals surface area (Å²) in [5.41, 5.74) is 0. The third-order valence-electron chi connectivity index (χ3n) is 3.28. The van der Waals surface area contributed by atoms with E-state index >= 15 is 0 Å². The van der Waals surface area contributed by atoms with Crippen molar-refractivity contribution in [1.29, 1.82) is 0 Å². The third-order valence-corrected chi connectivity index (χ3v) is 3.28. The van der Waals surface area contributed by atoms with Crippen molar-refractivity contribution in [2.24, 2.45) is 0 Å². The van der Waals surface area contributed by atoms with Crippen LogP contribution in [0.1, 0.15) is 77.6 Å². The second-order valence-electron chi connectivity index (χ2n) is 6.47.